The molecule has 0 saturated heterocycles. The summed E-state index contributed by atoms with van der Waals surface area (Å²) in [5, 5.41) is 8.67. The Balaban J connectivity index is 1.75. The lowest BCUT2D eigenvalue weighted by atomic mass is 10.2. The molecule has 2 aromatic rings. The fourth-order valence-electron chi connectivity index (χ4n) is 2.09. The molecule has 0 fully saturated rings. The monoisotopic (exact) mass is 327 g/mol. The summed E-state index contributed by atoms with van der Waals surface area (Å²) >= 11 is 0. The fourth-order valence-corrected chi connectivity index (χ4v) is 2.09. The van der Waals surface area contributed by atoms with E-state index >= 15 is 0 Å². The van der Waals surface area contributed by atoms with Crippen molar-refractivity contribution in [1.82, 2.24) is 0 Å². The molecule has 2 aromatic carbocycles. The summed E-state index contributed by atoms with van der Waals surface area (Å²) in [6.07, 6.45) is 0.347. The number of nitrogens with one attached hydrogen (secondary N) is 3. The van der Waals surface area contributed by atoms with Crippen molar-refractivity contribution in [2.75, 3.05) is 29.6 Å². The van der Waals surface area contributed by atoms with Crippen LogP contribution in [0.2, 0.25) is 0 Å². The molecule has 6 nitrogen and oxygen atoms in total. The van der Waals surface area contributed by atoms with Gasteiger partial charge in [-0.05, 0) is 48.5 Å². The second-order valence-corrected chi connectivity index (χ2v) is 5.21. The molecule has 0 spiro atoms. The van der Waals surface area contributed by atoms with Crippen LogP contribution in [-0.2, 0) is 9.59 Å². The van der Waals surface area contributed by atoms with Gasteiger partial charge in [-0.2, -0.15) is 0 Å². The van der Waals surface area contributed by atoms with Gasteiger partial charge in [0.05, 0.1) is 7.11 Å². The van der Waals surface area contributed by atoms with Gasteiger partial charge in [0.25, 0.3) is 0 Å². The normalized spacial score (nSPS) is 9.92. The summed E-state index contributed by atoms with van der Waals surface area (Å²) in [4.78, 5) is 22.9. The van der Waals surface area contributed by atoms with Crippen LogP contribution in [0.1, 0.15) is 13.3 Å². The van der Waals surface area contributed by atoms with Gasteiger partial charge in [0.15, 0.2) is 0 Å². The Bertz CT molecular complexity index is 682. The molecular weight excluding hydrogens is 306 g/mol. The lowest BCUT2D eigenvalue weighted by Crippen LogP contribution is -2.16. The van der Waals surface area contributed by atoms with E-state index in [2.05, 4.69) is 16.0 Å². The molecule has 0 saturated carbocycles. The van der Waals surface area contributed by atoms with Crippen LogP contribution >= 0.6 is 0 Å². The van der Waals surface area contributed by atoms with Crippen LogP contribution in [-0.4, -0.2) is 25.5 Å². The Morgan fingerprint density at radius 1 is 0.875 bits per heavy atom. The van der Waals surface area contributed by atoms with Gasteiger partial charge in [-0.25, -0.2) is 0 Å². The highest BCUT2D eigenvalue weighted by Crippen LogP contribution is 2.15. The van der Waals surface area contributed by atoms with Crippen LogP contribution in [0.25, 0.3) is 0 Å². The number of rotatable bonds is 7. The summed E-state index contributed by atoms with van der Waals surface area (Å²) in [7, 11) is 1.62. The number of anilines is 3. The van der Waals surface area contributed by atoms with E-state index < -0.39 is 0 Å². The Morgan fingerprint density at radius 2 is 1.42 bits per heavy atom. The number of ether oxygens (including phenoxy) is 1. The molecule has 0 heterocycles. The van der Waals surface area contributed by atoms with Crippen LogP contribution in [0, 0.1) is 0 Å². The van der Waals surface area contributed by atoms with E-state index in [1.807, 2.05) is 24.3 Å². The van der Waals surface area contributed by atoms with Crippen LogP contribution in [0.15, 0.2) is 48.5 Å². The molecule has 0 aliphatic carbocycles. The number of carbonyl (C=O) groups is 2. The molecule has 0 radical (unpaired) electrons. The van der Waals surface area contributed by atoms with Gasteiger partial charge >= 0.3 is 0 Å². The molecule has 2 amide bonds. The van der Waals surface area contributed by atoms with Gasteiger partial charge in [-0.15, -0.1) is 0 Å². The van der Waals surface area contributed by atoms with E-state index in [9.17, 15) is 9.59 Å². The third-order valence-corrected chi connectivity index (χ3v) is 3.26. The van der Waals surface area contributed by atoms with Crippen LogP contribution < -0.4 is 20.7 Å². The first kappa shape index (κ1) is 17.3. The molecule has 0 atom stereocenters. The summed E-state index contributed by atoms with van der Waals surface area (Å²) in [6, 6.07) is 14.5. The van der Waals surface area contributed by atoms with E-state index in [1.54, 1.807) is 31.4 Å². The minimum Gasteiger partial charge on any atom is -0.497 e. The molecule has 0 bridgehead atoms. The van der Waals surface area contributed by atoms with Crippen molar-refractivity contribution in [3.63, 3.8) is 0 Å². The van der Waals surface area contributed by atoms with Crippen molar-refractivity contribution in [3.8, 4) is 5.75 Å². The van der Waals surface area contributed by atoms with E-state index in [0.29, 0.717) is 24.3 Å². The highest BCUT2D eigenvalue weighted by Gasteiger charge is 2.03. The first-order valence-electron chi connectivity index (χ1n) is 7.62. The molecule has 3 N–H and O–H groups in total. The first-order valence-corrected chi connectivity index (χ1v) is 7.62. The lowest BCUT2D eigenvalue weighted by molar-refractivity contribution is -0.116. The number of carbonyl (C=O) groups excluding carboxylic acids is 2. The van der Waals surface area contributed by atoms with Crippen molar-refractivity contribution in [2.45, 2.75) is 13.3 Å². The topological polar surface area (TPSA) is 79.5 Å². The average Bonchev–Trinajstić information content (AvgIpc) is 2.57. The average molecular weight is 327 g/mol. The van der Waals surface area contributed by atoms with Gasteiger partial charge < -0.3 is 20.7 Å². The highest BCUT2D eigenvalue weighted by atomic mass is 16.5. The molecule has 126 valence electrons. The minimum atomic E-state index is -0.128. The number of benzene rings is 2. The first-order chi connectivity index (χ1) is 11.6. The van der Waals surface area contributed by atoms with Crippen LogP contribution in [0.5, 0.6) is 5.75 Å². The van der Waals surface area contributed by atoms with E-state index in [1.165, 1.54) is 6.92 Å². The van der Waals surface area contributed by atoms with E-state index in [4.69, 9.17) is 4.74 Å². The number of hydrogen-bond acceptors (Lipinski definition) is 4. The lowest BCUT2D eigenvalue weighted by Gasteiger charge is -2.09. The summed E-state index contributed by atoms with van der Waals surface area (Å²) in [5.74, 6) is 0.584. The number of hydrogen-bond donors (Lipinski definition) is 3. The SMILES string of the molecule is COc1ccc(NCCC(=O)Nc2ccc(NC(C)=O)cc2)cc1. The standard InChI is InChI=1S/C18H21N3O3/c1-13(22)20-15-3-5-16(6-4-15)21-18(23)11-12-19-14-7-9-17(24-2)10-8-14/h3-10,19H,11-12H2,1-2H3,(H,20,22)(H,21,23). The maximum Gasteiger partial charge on any atom is 0.226 e. The largest absolute Gasteiger partial charge is 0.497 e. The maximum atomic E-state index is 11.9. The molecule has 0 aliphatic rings. The van der Waals surface area contributed by atoms with Crippen molar-refractivity contribution in [2.24, 2.45) is 0 Å². The molecule has 0 aliphatic heterocycles. The van der Waals surface area contributed by atoms with E-state index in [-0.39, 0.29) is 11.8 Å². The third kappa shape index (κ3) is 5.64. The molecular formula is C18H21N3O3. The Hall–Kier alpha value is -3.02. The van der Waals surface area contributed by atoms with Crippen LogP contribution in [0.3, 0.4) is 0 Å². The summed E-state index contributed by atoms with van der Waals surface area (Å²) in [5.41, 5.74) is 2.32. The number of methoxy groups -OCH3 is 1. The number of amides is 2. The predicted molar refractivity (Wildman–Crippen MR) is 95.5 cm³/mol. The smallest absolute Gasteiger partial charge is 0.226 e. The van der Waals surface area contributed by atoms with Crippen molar-refractivity contribution < 1.29 is 14.3 Å². The quantitative estimate of drug-likeness (QED) is 0.730. The van der Waals surface area contributed by atoms with Gasteiger partial charge in [-0.1, -0.05) is 0 Å². The molecule has 0 aromatic heterocycles. The van der Waals surface area contributed by atoms with Gasteiger partial charge in [-0.3, -0.25) is 9.59 Å². The molecule has 0 unspecified atom stereocenters. The van der Waals surface area contributed by atoms with E-state index in [0.717, 1.165) is 11.4 Å². The van der Waals surface area contributed by atoms with Gasteiger partial charge in [0.1, 0.15) is 5.75 Å². The second kappa shape index (κ2) is 8.57. The van der Waals surface area contributed by atoms with Gasteiger partial charge in [0.2, 0.25) is 11.8 Å². The fraction of sp³-hybridized carbons (Fsp3) is 0.222. The van der Waals surface area contributed by atoms with Gasteiger partial charge in [0, 0.05) is 37.0 Å². The zero-order valence-electron chi connectivity index (χ0n) is 13.8. The summed E-state index contributed by atoms with van der Waals surface area (Å²) in [6.45, 7) is 1.98. The predicted octanol–water partition coefficient (Wildman–Crippen LogP) is 3.09. The second-order valence-electron chi connectivity index (χ2n) is 5.21. The Morgan fingerprint density at radius 3 is 1.96 bits per heavy atom. The highest BCUT2D eigenvalue weighted by molar-refractivity contribution is 5.92. The molecule has 24 heavy (non-hydrogen) atoms. The third-order valence-electron chi connectivity index (χ3n) is 3.26. The van der Waals surface area contributed by atoms with Crippen molar-refractivity contribution in [1.29, 1.82) is 0 Å². The Kier molecular flexibility index (Phi) is 6.19. The van der Waals surface area contributed by atoms with Crippen molar-refractivity contribution in [3.05, 3.63) is 48.5 Å². The zero-order chi connectivity index (χ0) is 17.4. The summed E-state index contributed by atoms with van der Waals surface area (Å²) < 4.78 is 5.09. The maximum absolute atomic E-state index is 11.9. The van der Waals surface area contributed by atoms with Crippen molar-refractivity contribution >= 4 is 28.9 Å². The zero-order valence-corrected chi connectivity index (χ0v) is 13.8. The minimum absolute atomic E-state index is 0.0803. The van der Waals surface area contributed by atoms with Crippen LogP contribution in [0.4, 0.5) is 17.1 Å². The molecule has 2 rings (SSSR count). The molecule has 6 heteroatoms. The Labute approximate surface area is 141 Å².